The quantitative estimate of drug-likeness (QED) is 0.713. The maximum Gasteiger partial charge on any atom is 0.230 e. The molecule has 0 saturated carbocycles. The van der Waals surface area contributed by atoms with Crippen LogP contribution < -0.4 is 10.1 Å². The number of benzene rings is 1. The monoisotopic (exact) mass is 362 g/mol. The van der Waals surface area contributed by atoms with Crippen LogP contribution in [0.15, 0.2) is 18.2 Å². The first-order valence-electron chi connectivity index (χ1n) is 9.63. The topological polar surface area (TPSA) is 82.0 Å². The largest absolute Gasteiger partial charge is 0.493 e. The number of likely N-dealkylation sites (tertiary alicyclic amines) is 1. The van der Waals surface area contributed by atoms with Gasteiger partial charge in [0.25, 0.3) is 0 Å². The molecule has 3 N–H and O–H groups in total. The summed E-state index contributed by atoms with van der Waals surface area (Å²) in [5.41, 5.74) is 1.19. The number of carbonyl (C=O) groups is 1. The fraction of sp³-hybridized carbons (Fsp3) is 0.650. The summed E-state index contributed by atoms with van der Waals surface area (Å²) < 4.78 is 5.68. The summed E-state index contributed by atoms with van der Waals surface area (Å²) in [7, 11) is 0. The average molecular weight is 362 g/mol. The Bertz CT molecular complexity index is 636. The lowest BCUT2D eigenvalue weighted by Crippen LogP contribution is -2.61. The first-order chi connectivity index (χ1) is 12.6. The molecule has 0 aliphatic carbocycles. The Morgan fingerprint density at radius 1 is 1.42 bits per heavy atom. The van der Waals surface area contributed by atoms with Crippen molar-refractivity contribution in [3.05, 3.63) is 29.3 Å². The zero-order valence-corrected chi connectivity index (χ0v) is 15.5. The van der Waals surface area contributed by atoms with Gasteiger partial charge in [0, 0.05) is 31.7 Å². The Kier molecular flexibility index (Phi) is 6.16. The molecule has 1 aromatic carbocycles. The molecule has 1 spiro atoms. The highest BCUT2D eigenvalue weighted by atomic mass is 16.5. The molecule has 26 heavy (non-hydrogen) atoms. The fourth-order valence-electron chi connectivity index (χ4n) is 4.13. The summed E-state index contributed by atoms with van der Waals surface area (Å²) in [6, 6.07) is 5.91. The predicted octanol–water partition coefficient (Wildman–Crippen LogP) is 1.43. The van der Waals surface area contributed by atoms with Crippen molar-refractivity contribution in [2.24, 2.45) is 5.41 Å². The van der Waals surface area contributed by atoms with Crippen molar-refractivity contribution in [2.45, 2.75) is 51.9 Å². The summed E-state index contributed by atoms with van der Waals surface area (Å²) in [5.74, 6) is 0.718. The van der Waals surface area contributed by atoms with Gasteiger partial charge in [-0.15, -0.1) is 0 Å². The molecule has 0 bridgehead atoms. The third-order valence-electron chi connectivity index (χ3n) is 5.56. The zero-order chi connectivity index (χ0) is 18.6. The van der Waals surface area contributed by atoms with Gasteiger partial charge in [-0.1, -0.05) is 13.0 Å². The lowest BCUT2D eigenvalue weighted by molar-refractivity contribution is -0.149. The maximum atomic E-state index is 12.5. The molecule has 2 saturated heterocycles. The van der Waals surface area contributed by atoms with E-state index in [0.29, 0.717) is 32.7 Å². The van der Waals surface area contributed by atoms with Gasteiger partial charge in [-0.05, 0) is 43.4 Å². The number of nitrogens with zero attached hydrogens (tertiary/aromatic N) is 1. The van der Waals surface area contributed by atoms with E-state index in [0.717, 1.165) is 42.7 Å². The van der Waals surface area contributed by atoms with Gasteiger partial charge in [-0.25, -0.2) is 0 Å². The third-order valence-corrected chi connectivity index (χ3v) is 5.56. The molecule has 2 atom stereocenters. The highest BCUT2D eigenvalue weighted by Crippen LogP contribution is 2.37. The first kappa shape index (κ1) is 19.1. The minimum absolute atomic E-state index is 0.0136. The Morgan fingerprint density at radius 2 is 2.27 bits per heavy atom. The van der Waals surface area contributed by atoms with Gasteiger partial charge in [0.2, 0.25) is 5.91 Å². The molecule has 2 aliphatic rings. The van der Waals surface area contributed by atoms with E-state index in [-0.39, 0.29) is 12.5 Å². The van der Waals surface area contributed by atoms with Crippen molar-refractivity contribution in [3.63, 3.8) is 0 Å². The van der Waals surface area contributed by atoms with E-state index < -0.39 is 11.5 Å². The third kappa shape index (κ3) is 3.87. The molecular formula is C20H30N2O4. The molecule has 1 aromatic rings. The van der Waals surface area contributed by atoms with E-state index in [4.69, 9.17) is 4.74 Å². The van der Waals surface area contributed by atoms with Gasteiger partial charge < -0.3 is 20.3 Å². The number of rotatable bonds is 6. The van der Waals surface area contributed by atoms with Crippen molar-refractivity contribution in [2.75, 3.05) is 26.2 Å². The Balaban J connectivity index is 1.71. The summed E-state index contributed by atoms with van der Waals surface area (Å²) in [4.78, 5) is 14.7. The molecule has 0 unspecified atom stereocenters. The normalized spacial score (nSPS) is 26.7. The highest BCUT2D eigenvalue weighted by molar-refractivity contribution is 5.84. The van der Waals surface area contributed by atoms with Gasteiger partial charge in [-0.3, -0.25) is 9.69 Å². The van der Waals surface area contributed by atoms with E-state index in [1.807, 2.05) is 18.2 Å². The molecule has 144 valence electrons. The summed E-state index contributed by atoms with van der Waals surface area (Å²) >= 11 is 0. The van der Waals surface area contributed by atoms with Crippen LogP contribution in [0.5, 0.6) is 5.75 Å². The molecule has 6 heteroatoms. The van der Waals surface area contributed by atoms with Crippen LogP contribution in [-0.4, -0.2) is 53.4 Å². The van der Waals surface area contributed by atoms with Crippen molar-refractivity contribution < 1.29 is 19.7 Å². The molecule has 3 rings (SSSR count). The van der Waals surface area contributed by atoms with Gasteiger partial charge in [0.1, 0.15) is 5.75 Å². The number of piperidine rings is 2. The van der Waals surface area contributed by atoms with Gasteiger partial charge in [0.15, 0.2) is 0 Å². The molecular weight excluding hydrogens is 332 g/mol. The first-order valence-corrected chi connectivity index (χ1v) is 9.63. The SMILES string of the molecule is CCCOc1ccc(CN2CC[C@@H](O)[C@@]3(CCCNC3=O)C2)cc1CO. The van der Waals surface area contributed by atoms with Crippen molar-refractivity contribution in [1.29, 1.82) is 0 Å². The lowest BCUT2D eigenvalue weighted by Gasteiger charge is -2.47. The number of hydrogen-bond acceptors (Lipinski definition) is 5. The van der Waals surface area contributed by atoms with Crippen LogP contribution in [0.1, 0.15) is 43.7 Å². The number of hydrogen-bond donors (Lipinski definition) is 3. The Labute approximate surface area is 155 Å². The van der Waals surface area contributed by atoms with Crippen LogP contribution in [0, 0.1) is 5.41 Å². The summed E-state index contributed by atoms with van der Waals surface area (Å²) in [6.45, 7) is 5.36. The van der Waals surface area contributed by atoms with Crippen LogP contribution in [0.2, 0.25) is 0 Å². The molecule has 0 aromatic heterocycles. The summed E-state index contributed by atoms with van der Waals surface area (Å²) in [5, 5.41) is 23.1. The Morgan fingerprint density at radius 3 is 3.00 bits per heavy atom. The van der Waals surface area contributed by atoms with Gasteiger partial charge >= 0.3 is 0 Å². The van der Waals surface area contributed by atoms with Crippen LogP contribution >= 0.6 is 0 Å². The number of amides is 1. The van der Waals surface area contributed by atoms with E-state index in [2.05, 4.69) is 17.1 Å². The van der Waals surface area contributed by atoms with Gasteiger partial charge in [0.05, 0.1) is 24.7 Å². The molecule has 1 amide bonds. The van der Waals surface area contributed by atoms with E-state index in [1.54, 1.807) is 0 Å². The fourth-order valence-corrected chi connectivity index (χ4v) is 4.13. The predicted molar refractivity (Wildman–Crippen MR) is 98.7 cm³/mol. The van der Waals surface area contributed by atoms with E-state index >= 15 is 0 Å². The smallest absolute Gasteiger partial charge is 0.230 e. The van der Waals surface area contributed by atoms with E-state index in [1.165, 1.54) is 0 Å². The molecule has 2 aliphatic heterocycles. The minimum atomic E-state index is -0.680. The number of aliphatic hydroxyl groups is 2. The van der Waals surface area contributed by atoms with Crippen LogP contribution in [0.3, 0.4) is 0 Å². The number of ether oxygens (including phenoxy) is 1. The zero-order valence-electron chi connectivity index (χ0n) is 15.5. The second kappa shape index (κ2) is 8.37. The lowest BCUT2D eigenvalue weighted by atomic mass is 9.71. The molecule has 2 heterocycles. The molecule has 2 fully saturated rings. The standard InChI is InChI=1S/C20H30N2O4/c1-2-10-26-17-5-4-15(11-16(17)13-23)12-22-9-6-18(24)20(14-22)7-3-8-21-19(20)25/h4-5,11,18,23-24H,2-3,6-10,12-14H2,1H3,(H,21,25)/t18-,20-/m1/s1. The second-order valence-electron chi connectivity index (χ2n) is 7.48. The highest BCUT2D eigenvalue weighted by Gasteiger charge is 2.49. The molecule has 6 nitrogen and oxygen atoms in total. The Hall–Kier alpha value is -1.63. The van der Waals surface area contributed by atoms with Crippen molar-refractivity contribution >= 4 is 5.91 Å². The number of carbonyl (C=O) groups excluding carboxylic acids is 1. The number of aliphatic hydroxyl groups excluding tert-OH is 2. The molecule has 0 radical (unpaired) electrons. The summed E-state index contributed by atoms with van der Waals surface area (Å²) in [6.07, 6.45) is 2.61. The van der Waals surface area contributed by atoms with Crippen molar-refractivity contribution in [1.82, 2.24) is 10.2 Å². The van der Waals surface area contributed by atoms with Crippen LogP contribution in [0.25, 0.3) is 0 Å². The van der Waals surface area contributed by atoms with Gasteiger partial charge in [-0.2, -0.15) is 0 Å². The minimum Gasteiger partial charge on any atom is -0.493 e. The van der Waals surface area contributed by atoms with E-state index in [9.17, 15) is 15.0 Å². The van der Waals surface area contributed by atoms with Crippen molar-refractivity contribution in [3.8, 4) is 5.75 Å². The van der Waals surface area contributed by atoms with Crippen LogP contribution in [-0.2, 0) is 17.9 Å². The maximum absolute atomic E-state index is 12.5. The van der Waals surface area contributed by atoms with Crippen LogP contribution in [0.4, 0.5) is 0 Å². The number of nitrogens with one attached hydrogen (secondary N) is 1. The average Bonchev–Trinajstić information content (AvgIpc) is 2.66. The second-order valence-corrected chi connectivity index (χ2v) is 7.48.